The first-order valence-electron chi connectivity index (χ1n) is 6.12. The fourth-order valence-electron chi connectivity index (χ4n) is 1.65. The lowest BCUT2D eigenvalue weighted by atomic mass is 10.0. The molecule has 0 aliphatic carbocycles. The van der Waals surface area contributed by atoms with Gasteiger partial charge in [0.1, 0.15) is 6.04 Å². The average Bonchev–Trinajstić information content (AvgIpc) is 2.37. The molecule has 114 valence electrons. The molecule has 3 amide bonds. The Balaban J connectivity index is 2.97. The Morgan fingerprint density at radius 2 is 1.90 bits per heavy atom. The number of benzene rings is 1. The zero-order valence-electron chi connectivity index (χ0n) is 11.5. The van der Waals surface area contributed by atoms with Crippen LogP contribution in [0.2, 0.25) is 5.02 Å². The summed E-state index contributed by atoms with van der Waals surface area (Å²) in [6, 6.07) is 2.25. The van der Waals surface area contributed by atoms with E-state index in [4.69, 9.17) is 22.4 Å². The van der Waals surface area contributed by atoms with Crippen LogP contribution in [0.3, 0.4) is 0 Å². The van der Waals surface area contributed by atoms with Crippen LogP contribution in [0, 0.1) is 5.92 Å². The number of nitrogens with one attached hydrogen (secondary N) is 2. The standard InChI is InChI=1S/C13H16ClN3O4/c1-6(2)10(17-13(15)21)11(18)16-9-5-7(12(19)20)3-4-8(9)14/h3-6,10H,1-2H3,(H,16,18)(H,19,20)(H3,15,17,21). The second-order valence-electron chi connectivity index (χ2n) is 4.72. The third-order valence-electron chi connectivity index (χ3n) is 2.72. The molecular weight excluding hydrogens is 298 g/mol. The molecule has 0 aliphatic heterocycles. The Morgan fingerprint density at radius 1 is 1.29 bits per heavy atom. The zero-order chi connectivity index (χ0) is 16.2. The number of hydrogen-bond acceptors (Lipinski definition) is 3. The molecule has 1 aromatic rings. The Morgan fingerprint density at radius 3 is 2.38 bits per heavy atom. The average molecular weight is 314 g/mol. The van der Waals surface area contributed by atoms with E-state index in [0.29, 0.717) is 0 Å². The minimum absolute atomic E-state index is 0.0151. The van der Waals surface area contributed by atoms with Crippen molar-refractivity contribution in [1.82, 2.24) is 5.32 Å². The maximum absolute atomic E-state index is 12.1. The van der Waals surface area contributed by atoms with Crippen molar-refractivity contribution in [1.29, 1.82) is 0 Å². The number of carbonyl (C=O) groups excluding carboxylic acids is 2. The number of carboxylic acid groups (broad SMARTS) is 1. The van der Waals surface area contributed by atoms with E-state index in [1.807, 2.05) is 0 Å². The van der Waals surface area contributed by atoms with E-state index in [1.165, 1.54) is 18.2 Å². The molecule has 0 aliphatic rings. The Hall–Kier alpha value is -2.28. The van der Waals surface area contributed by atoms with Gasteiger partial charge in [-0.25, -0.2) is 9.59 Å². The van der Waals surface area contributed by atoms with Crippen LogP contribution in [0.15, 0.2) is 18.2 Å². The molecule has 1 unspecified atom stereocenters. The Labute approximate surface area is 126 Å². The fourth-order valence-corrected chi connectivity index (χ4v) is 1.82. The monoisotopic (exact) mass is 313 g/mol. The van der Waals surface area contributed by atoms with E-state index in [0.717, 1.165) is 0 Å². The molecule has 0 saturated carbocycles. The highest BCUT2D eigenvalue weighted by atomic mass is 35.5. The molecule has 8 heteroatoms. The second-order valence-corrected chi connectivity index (χ2v) is 5.13. The predicted octanol–water partition coefficient (Wildman–Crippen LogP) is 1.67. The van der Waals surface area contributed by atoms with Crippen molar-refractivity contribution in [2.24, 2.45) is 11.7 Å². The zero-order valence-corrected chi connectivity index (χ0v) is 12.3. The van der Waals surface area contributed by atoms with Crippen molar-refractivity contribution in [2.75, 3.05) is 5.32 Å². The maximum atomic E-state index is 12.1. The van der Waals surface area contributed by atoms with Crippen LogP contribution in [0.4, 0.5) is 10.5 Å². The lowest BCUT2D eigenvalue weighted by Gasteiger charge is -2.21. The van der Waals surface area contributed by atoms with E-state index < -0.39 is 23.9 Å². The lowest BCUT2D eigenvalue weighted by Crippen LogP contribution is -2.49. The third-order valence-corrected chi connectivity index (χ3v) is 3.05. The first kappa shape index (κ1) is 16.8. The van der Waals surface area contributed by atoms with Crippen LogP contribution in [0.1, 0.15) is 24.2 Å². The van der Waals surface area contributed by atoms with E-state index in [-0.39, 0.29) is 22.2 Å². The van der Waals surface area contributed by atoms with Crippen LogP contribution in [-0.2, 0) is 4.79 Å². The summed E-state index contributed by atoms with van der Waals surface area (Å²) in [5.74, 6) is -1.88. The molecule has 0 saturated heterocycles. The number of aromatic carboxylic acids is 1. The van der Waals surface area contributed by atoms with Crippen LogP contribution >= 0.6 is 11.6 Å². The van der Waals surface area contributed by atoms with E-state index in [1.54, 1.807) is 13.8 Å². The van der Waals surface area contributed by atoms with E-state index in [9.17, 15) is 14.4 Å². The van der Waals surface area contributed by atoms with Crippen molar-refractivity contribution < 1.29 is 19.5 Å². The first-order chi connectivity index (χ1) is 9.72. The quantitative estimate of drug-likeness (QED) is 0.660. The summed E-state index contributed by atoms with van der Waals surface area (Å²) in [6.45, 7) is 3.46. The fraction of sp³-hybridized carbons (Fsp3) is 0.308. The number of amides is 3. The number of carbonyl (C=O) groups is 3. The van der Waals surface area contributed by atoms with Gasteiger partial charge in [-0.15, -0.1) is 0 Å². The number of nitrogens with two attached hydrogens (primary N) is 1. The summed E-state index contributed by atoms with van der Waals surface area (Å²) in [4.78, 5) is 34.0. The van der Waals surface area contributed by atoms with Gasteiger partial charge in [0.2, 0.25) is 5.91 Å². The smallest absolute Gasteiger partial charge is 0.335 e. The topological polar surface area (TPSA) is 122 Å². The maximum Gasteiger partial charge on any atom is 0.335 e. The molecule has 0 aromatic heterocycles. The van der Waals surface area contributed by atoms with Gasteiger partial charge in [-0.1, -0.05) is 25.4 Å². The van der Waals surface area contributed by atoms with Crippen molar-refractivity contribution >= 4 is 35.2 Å². The minimum atomic E-state index is -1.14. The largest absolute Gasteiger partial charge is 0.478 e. The summed E-state index contributed by atoms with van der Waals surface area (Å²) in [5, 5.41) is 13.9. The Bertz CT molecular complexity index is 575. The normalized spacial score (nSPS) is 11.8. The molecule has 0 heterocycles. The number of halogens is 1. The number of carboxylic acids is 1. The highest BCUT2D eigenvalue weighted by molar-refractivity contribution is 6.34. The highest BCUT2D eigenvalue weighted by Gasteiger charge is 2.24. The Kier molecular flexibility index (Phi) is 5.54. The molecule has 0 fully saturated rings. The van der Waals surface area contributed by atoms with Gasteiger partial charge < -0.3 is 21.5 Å². The van der Waals surface area contributed by atoms with Gasteiger partial charge in [0.05, 0.1) is 16.3 Å². The molecule has 1 aromatic carbocycles. The van der Waals surface area contributed by atoms with Gasteiger partial charge >= 0.3 is 12.0 Å². The molecular formula is C13H16ClN3O4. The lowest BCUT2D eigenvalue weighted by molar-refractivity contribution is -0.118. The van der Waals surface area contributed by atoms with Gasteiger partial charge in [-0.3, -0.25) is 4.79 Å². The van der Waals surface area contributed by atoms with Gasteiger partial charge in [0.25, 0.3) is 0 Å². The van der Waals surface area contributed by atoms with Crippen LogP contribution < -0.4 is 16.4 Å². The van der Waals surface area contributed by atoms with Crippen molar-refractivity contribution in [2.45, 2.75) is 19.9 Å². The van der Waals surface area contributed by atoms with Gasteiger partial charge in [-0.2, -0.15) is 0 Å². The molecule has 21 heavy (non-hydrogen) atoms. The molecule has 1 rings (SSSR count). The summed E-state index contributed by atoms with van der Waals surface area (Å²) in [5.41, 5.74) is 5.16. The van der Waals surface area contributed by atoms with E-state index in [2.05, 4.69) is 10.6 Å². The predicted molar refractivity (Wildman–Crippen MR) is 78.4 cm³/mol. The SMILES string of the molecule is CC(C)C(NC(N)=O)C(=O)Nc1cc(C(=O)O)ccc1Cl. The number of rotatable bonds is 5. The molecule has 0 radical (unpaired) electrons. The summed E-state index contributed by atoms with van der Waals surface area (Å²) in [7, 11) is 0. The van der Waals surface area contributed by atoms with Gasteiger partial charge in [0, 0.05) is 0 Å². The van der Waals surface area contributed by atoms with Crippen molar-refractivity contribution in [3.8, 4) is 0 Å². The molecule has 0 bridgehead atoms. The summed E-state index contributed by atoms with van der Waals surface area (Å²) in [6.07, 6.45) is 0. The van der Waals surface area contributed by atoms with Crippen LogP contribution in [0.25, 0.3) is 0 Å². The minimum Gasteiger partial charge on any atom is -0.478 e. The number of hydrogen-bond donors (Lipinski definition) is 4. The van der Waals surface area contributed by atoms with Crippen molar-refractivity contribution in [3.05, 3.63) is 28.8 Å². The number of primary amides is 1. The highest BCUT2D eigenvalue weighted by Crippen LogP contribution is 2.23. The number of urea groups is 1. The molecule has 0 spiro atoms. The van der Waals surface area contributed by atoms with E-state index >= 15 is 0 Å². The van der Waals surface area contributed by atoms with Gasteiger partial charge in [0.15, 0.2) is 0 Å². The third kappa shape index (κ3) is 4.64. The van der Waals surface area contributed by atoms with Gasteiger partial charge in [-0.05, 0) is 24.1 Å². The first-order valence-corrected chi connectivity index (χ1v) is 6.50. The molecule has 5 N–H and O–H groups in total. The molecule has 7 nitrogen and oxygen atoms in total. The second kappa shape index (κ2) is 6.94. The van der Waals surface area contributed by atoms with Crippen LogP contribution in [-0.4, -0.2) is 29.1 Å². The van der Waals surface area contributed by atoms with Crippen LogP contribution in [0.5, 0.6) is 0 Å². The summed E-state index contributed by atoms with van der Waals surface area (Å²) >= 11 is 5.92. The molecule has 1 atom stereocenters. The van der Waals surface area contributed by atoms with Crippen molar-refractivity contribution in [3.63, 3.8) is 0 Å². The summed E-state index contributed by atoms with van der Waals surface area (Å²) < 4.78 is 0. The number of anilines is 1.